The van der Waals surface area contributed by atoms with E-state index in [2.05, 4.69) is 20.5 Å². The first-order chi connectivity index (χ1) is 10.7. The Hall–Kier alpha value is -1.66. The number of rotatable bonds is 5. The molecule has 0 saturated carbocycles. The van der Waals surface area contributed by atoms with Crippen molar-refractivity contribution < 1.29 is 9.53 Å². The van der Waals surface area contributed by atoms with Crippen LogP contribution in [0.4, 0.5) is 11.5 Å². The largest absolute Gasteiger partial charge is 0.384 e. The zero-order chi connectivity index (χ0) is 15.4. The molecular formula is C16H24N4O2. The molecule has 2 aliphatic heterocycles. The highest BCUT2D eigenvalue weighted by Gasteiger charge is 2.41. The van der Waals surface area contributed by atoms with Gasteiger partial charge in [0.1, 0.15) is 5.82 Å². The van der Waals surface area contributed by atoms with Crippen molar-refractivity contribution in [3.8, 4) is 0 Å². The number of ether oxygens (including phenoxy) is 1. The average molecular weight is 304 g/mol. The minimum absolute atomic E-state index is 0.00933. The number of carbonyl (C=O) groups is 1. The minimum Gasteiger partial charge on any atom is -0.384 e. The molecule has 1 aromatic heterocycles. The van der Waals surface area contributed by atoms with E-state index < -0.39 is 5.41 Å². The van der Waals surface area contributed by atoms with Crippen molar-refractivity contribution in [1.29, 1.82) is 0 Å². The predicted octanol–water partition coefficient (Wildman–Crippen LogP) is 1.25. The van der Waals surface area contributed by atoms with Gasteiger partial charge in [0.25, 0.3) is 0 Å². The number of anilines is 2. The van der Waals surface area contributed by atoms with E-state index in [1.807, 2.05) is 12.1 Å². The lowest BCUT2D eigenvalue weighted by atomic mass is 9.87. The van der Waals surface area contributed by atoms with Crippen molar-refractivity contribution in [2.75, 3.05) is 50.1 Å². The van der Waals surface area contributed by atoms with Gasteiger partial charge in [0.15, 0.2) is 0 Å². The predicted molar refractivity (Wildman–Crippen MR) is 86.1 cm³/mol. The number of nitrogens with zero attached hydrogens (tertiary/aromatic N) is 2. The van der Waals surface area contributed by atoms with Gasteiger partial charge in [0.2, 0.25) is 5.91 Å². The van der Waals surface area contributed by atoms with Crippen LogP contribution in [0, 0.1) is 5.41 Å². The van der Waals surface area contributed by atoms with Crippen molar-refractivity contribution in [3.63, 3.8) is 0 Å². The van der Waals surface area contributed by atoms with E-state index in [1.54, 1.807) is 13.3 Å². The Morgan fingerprint density at radius 1 is 1.45 bits per heavy atom. The smallest absolute Gasteiger partial charge is 0.234 e. The minimum atomic E-state index is -0.470. The van der Waals surface area contributed by atoms with Crippen LogP contribution < -0.4 is 15.5 Å². The number of amides is 1. The van der Waals surface area contributed by atoms with Crippen molar-refractivity contribution >= 4 is 17.4 Å². The molecular weight excluding hydrogens is 280 g/mol. The average Bonchev–Trinajstić information content (AvgIpc) is 3.20. The summed E-state index contributed by atoms with van der Waals surface area (Å²) >= 11 is 0. The number of methoxy groups -OCH3 is 1. The summed E-state index contributed by atoms with van der Waals surface area (Å²) in [6, 6.07) is 3.91. The molecule has 0 aromatic carbocycles. The molecule has 6 nitrogen and oxygen atoms in total. The summed E-state index contributed by atoms with van der Waals surface area (Å²) in [6.45, 7) is 4.09. The van der Waals surface area contributed by atoms with E-state index in [1.165, 1.54) is 12.8 Å². The Kier molecular flexibility index (Phi) is 4.59. The molecule has 2 N–H and O–H groups in total. The van der Waals surface area contributed by atoms with Crippen LogP contribution in [-0.2, 0) is 9.53 Å². The fourth-order valence-electron chi connectivity index (χ4n) is 3.26. The monoisotopic (exact) mass is 304 g/mol. The second-order valence-electron chi connectivity index (χ2n) is 6.19. The van der Waals surface area contributed by atoms with Crippen molar-refractivity contribution in [3.05, 3.63) is 18.3 Å². The lowest BCUT2D eigenvalue weighted by Crippen LogP contribution is -2.41. The molecule has 2 aliphatic rings. The van der Waals surface area contributed by atoms with Gasteiger partial charge in [-0.2, -0.15) is 0 Å². The first kappa shape index (κ1) is 15.2. The summed E-state index contributed by atoms with van der Waals surface area (Å²) in [7, 11) is 1.64. The first-order valence-electron chi connectivity index (χ1n) is 7.96. The summed E-state index contributed by atoms with van der Waals surface area (Å²) in [5.41, 5.74) is 0.276. The molecule has 0 bridgehead atoms. The van der Waals surface area contributed by atoms with Gasteiger partial charge in [-0.1, -0.05) is 0 Å². The molecule has 22 heavy (non-hydrogen) atoms. The second-order valence-corrected chi connectivity index (χ2v) is 6.19. The normalized spacial score (nSPS) is 24.7. The Labute approximate surface area is 131 Å². The fourth-order valence-corrected chi connectivity index (χ4v) is 3.26. The van der Waals surface area contributed by atoms with Crippen molar-refractivity contribution in [2.24, 2.45) is 5.41 Å². The van der Waals surface area contributed by atoms with Crippen LogP contribution in [0.2, 0.25) is 0 Å². The third-order valence-corrected chi connectivity index (χ3v) is 4.58. The number of hydrogen-bond acceptors (Lipinski definition) is 5. The molecule has 6 heteroatoms. The van der Waals surface area contributed by atoms with E-state index in [9.17, 15) is 4.79 Å². The lowest BCUT2D eigenvalue weighted by molar-refractivity contribution is -0.127. The standard InChI is InChI=1S/C16H24N4O2/c1-22-12-16(6-7-17-11-16)15(21)19-13-4-5-14(18-10-13)20-8-2-3-9-20/h4-5,10,17H,2-3,6-9,11-12H2,1H3,(H,19,21). The molecule has 3 heterocycles. The highest BCUT2D eigenvalue weighted by Crippen LogP contribution is 2.28. The third-order valence-electron chi connectivity index (χ3n) is 4.58. The van der Waals surface area contributed by atoms with Crippen molar-refractivity contribution in [1.82, 2.24) is 10.3 Å². The van der Waals surface area contributed by atoms with Gasteiger partial charge in [-0.3, -0.25) is 4.79 Å². The number of aromatic nitrogens is 1. The molecule has 2 fully saturated rings. The summed E-state index contributed by atoms with van der Waals surface area (Å²) in [5, 5.41) is 6.24. The van der Waals surface area contributed by atoms with E-state index in [4.69, 9.17) is 4.74 Å². The zero-order valence-electron chi connectivity index (χ0n) is 13.1. The number of nitrogens with one attached hydrogen (secondary N) is 2. The fraction of sp³-hybridized carbons (Fsp3) is 0.625. The Bertz CT molecular complexity index is 505. The molecule has 0 radical (unpaired) electrons. The Morgan fingerprint density at radius 3 is 2.86 bits per heavy atom. The Morgan fingerprint density at radius 2 is 2.27 bits per heavy atom. The van der Waals surface area contributed by atoms with Crippen LogP contribution in [0.5, 0.6) is 0 Å². The molecule has 0 aliphatic carbocycles. The summed E-state index contributed by atoms with van der Waals surface area (Å²) in [6.07, 6.45) is 5.00. The van der Waals surface area contributed by atoms with Crippen molar-refractivity contribution in [2.45, 2.75) is 19.3 Å². The molecule has 1 aromatic rings. The maximum atomic E-state index is 12.6. The van der Waals surface area contributed by atoms with Crippen LogP contribution >= 0.6 is 0 Å². The molecule has 3 rings (SSSR count). The van der Waals surface area contributed by atoms with Crippen LogP contribution in [0.25, 0.3) is 0 Å². The maximum Gasteiger partial charge on any atom is 0.234 e. The number of carbonyl (C=O) groups excluding carboxylic acids is 1. The van der Waals surface area contributed by atoms with E-state index in [0.717, 1.165) is 37.6 Å². The number of hydrogen-bond donors (Lipinski definition) is 2. The van der Waals surface area contributed by atoms with Crippen LogP contribution in [0.15, 0.2) is 18.3 Å². The molecule has 1 amide bonds. The summed E-state index contributed by atoms with van der Waals surface area (Å²) in [4.78, 5) is 19.3. The van der Waals surface area contributed by atoms with Crippen LogP contribution in [-0.4, -0.2) is 50.8 Å². The van der Waals surface area contributed by atoms with Crippen LogP contribution in [0.1, 0.15) is 19.3 Å². The van der Waals surface area contributed by atoms with Gasteiger partial charge in [-0.25, -0.2) is 4.98 Å². The first-order valence-corrected chi connectivity index (χ1v) is 7.96. The number of pyridine rings is 1. The topological polar surface area (TPSA) is 66.5 Å². The molecule has 2 saturated heterocycles. The summed E-state index contributed by atoms with van der Waals surface area (Å²) < 4.78 is 5.25. The molecule has 120 valence electrons. The SMILES string of the molecule is COCC1(C(=O)Nc2ccc(N3CCCC3)nc2)CCNC1. The molecule has 0 spiro atoms. The summed E-state index contributed by atoms with van der Waals surface area (Å²) in [5.74, 6) is 1.000. The molecule has 1 atom stereocenters. The van der Waals surface area contributed by atoms with Gasteiger partial charge >= 0.3 is 0 Å². The maximum absolute atomic E-state index is 12.6. The van der Waals surface area contributed by atoms with Crippen LogP contribution in [0.3, 0.4) is 0 Å². The van der Waals surface area contributed by atoms with Gasteiger partial charge in [-0.15, -0.1) is 0 Å². The highest BCUT2D eigenvalue weighted by molar-refractivity contribution is 5.95. The van der Waals surface area contributed by atoms with Gasteiger partial charge < -0.3 is 20.3 Å². The molecule has 1 unspecified atom stereocenters. The highest BCUT2D eigenvalue weighted by atomic mass is 16.5. The Balaban J connectivity index is 1.65. The zero-order valence-corrected chi connectivity index (χ0v) is 13.1. The van der Waals surface area contributed by atoms with E-state index in [-0.39, 0.29) is 5.91 Å². The second kappa shape index (κ2) is 6.62. The van der Waals surface area contributed by atoms with E-state index in [0.29, 0.717) is 13.2 Å². The quantitative estimate of drug-likeness (QED) is 0.857. The van der Waals surface area contributed by atoms with E-state index >= 15 is 0 Å². The lowest BCUT2D eigenvalue weighted by Gasteiger charge is -2.26. The third kappa shape index (κ3) is 3.08. The van der Waals surface area contributed by atoms with Gasteiger partial charge in [0.05, 0.1) is 23.9 Å². The van der Waals surface area contributed by atoms with Gasteiger partial charge in [-0.05, 0) is 37.9 Å². The van der Waals surface area contributed by atoms with Gasteiger partial charge in [0, 0.05) is 26.7 Å².